The van der Waals surface area contributed by atoms with Crippen molar-refractivity contribution in [3.8, 4) is 0 Å². The summed E-state index contributed by atoms with van der Waals surface area (Å²) in [5.41, 5.74) is 1.28. The van der Waals surface area contributed by atoms with E-state index < -0.39 is 6.04 Å². The van der Waals surface area contributed by atoms with Crippen LogP contribution in [0.3, 0.4) is 0 Å². The number of urea groups is 1. The quantitative estimate of drug-likeness (QED) is 0.813. The molecule has 7 nitrogen and oxygen atoms in total. The first kappa shape index (κ1) is 17.3. The number of carbonyl (C=O) groups excluding carboxylic acids is 2. The minimum atomic E-state index is -0.436. The summed E-state index contributed by atoms with van der Waals surface area (Å²) in [7, 11) is 1.69. The van der Waals surface area contributed by atoms with Crippen molar-refractivity contribution >= 4 is 17.9 Å². The largest absolute Gasteiger partial charge is 0.334 e. The number of nitrogens with one attached hydrogen (secondary N) is 2. The molecule has 0 bridgehead atoms. The van der Waals surface area contributed by atoms with Gasteiger partial charge >= 0.3 is 6.03 Å². The van der Waals surface area contributed by atoms with E-state index in [2.05, 4.69) is 34.7 Å². The van der Waals surface area contributed by atoms with Gasteiger partial charge in [0.25, 0.3) is 5.91 Å². The lowest BCUT2D eigenvalue weighted by molar-refractivity contribution is -0.127. The average Bonchev–Trinajstić information content (AvgIpc) is 2.98. The van der Waals surface area contributed by atoms with Crippen molar-refractivity contribution in [2.45, 2.75) is 38.4 Å². The van der Waals surface area contributed by atoms with E-state index in [1.807, 2.05) is 23.1 Å². The van der Waals surface area contributed by atoms with Gasteiger partial charge in [-0.05, 0) is 24.8 Å². The van der Waals surface area contributed by atoms with Gasteiger partial charge in [0, 0.05) is 20.1 Å². The Kier molecular flexibility index (Phi) is 5.21. The summed E-state index contributed by atoms with van der Waals surface area (Å²) in [6, 6.07) is 9.48. The van der Waals surface area contributed by atoms with Crippen molar-refractivity contribution < 1.29 is 9.59 Å². The fraction of sp³-hybridized carbons (Fsp3) is 0.500. The second-order valence-electron chi connectivity index (χ2n) is 6.43. The first-order valence-corrected chi connectivity index (χ1v) is 8.81. The second kappa shape index (κ2) is 7.55. The van der Waals surface area contributed by atoms with Crippen molar-refractivity contribution in [3.05, 3.63) is 35.9 Å². The van der Waals surface area contributed by atoms with Gasteiger partial charge in [0.1, 0.15) is 6.17 Å². The minimum absolute atomic E-state index is 0.262. The van der Waals surface area contributed by atoms with E-state index in [1.165, 1.54) is 10.5 Å². The van der Waals surface area contributed by atoms with Crippen LogP contribution in [0.2, 0.25) is 0 Å². The summed E-state index contributed by atoms with van der Waals surface area (Å²) < 4.78 is 0. The zero-order valence-corrected chi connectivity index (χ0v) is 14.7. The third kappa shape index (κ3) is 3.60. The number of carbonyl (C=O) groups is 2. The minimum Gasteiger partial charge on any atom is -0.334 e. The lowest BCUT2D eigenvalue weighted by Gasteiger charge is -2.35. The van der Waals surface area contributed by atoms with Gasteiger partial charge in [0.15, 0.2) is 12.0 Å². The monoisotopic (exact) mass is 343 g/mol. The maximum atomic E-state index is 12.4. The van der Waals surface area contributed by atoms with Crippen molar-refractivity contribution in [2.24, 2.45) is 4.99 Å². The molecule has 0 saturated carbocycles. The van der Waals surface area contributed by atoms with Crippen LogP contribution < -0.4 is 10.6 Å². The first-order valence-electron chi connectivity index (χ1n) is 8.81. The Morgan fingerprint density at radius 1 is 1.20 bits per heavy atom. The molecule has 134 valence electrons. The molecule has 2 aliphatic heterocycles. The Morgan fingerprint density at radius 2 is 1.96 bits per heavy atom. The van der Waals surface area contributed by atoms with E-state index in [0.717, 1.165) is 19.3 Å². The molecule has 3 amide bonds. The van der Waals surface area contributed by atoms with Crippen LogP contribution in [0.15, 0.2) is 35.3 Å². The van der Waals surface area contributed by atoms with Gasteiger partial charge in [-0.3, -0.25) is 15.1 Å². The molecular weight excluding hydrogens is 318 g/mol. The molecule has 2 heterocycles. The molecule has 1 aromatic rings. The Balaban J connectivity index is 1.73. The van der Waals surface area contributed by atoms with Crippen LogP contribution in [0, 0.1) is 0 Å². The summed E-state index contributed by atoms with van der Waals surface area (Å²) >= 11 is 0. The molecule has 0 aromatic heterocycles. The number of guanidine groups is 1. The van der Waals surface area contributed by atoms with Crippen LogP contribution in [0.25, 0.3) is 0 Å². The third-order valence-electron chi connectivity index (χ3n) is 4.61. The molecule has 0 spiro atoms. The SMILES string of the molecule is CCCN=C1NC2C(C(=O)NC(=O)N2C)N1CCCc1ccccc1. The van der Waals surface area contributed by atoms with Crippen molar-refractivity contribution in [2.75, 3.05) is 20.1 Å². The number of aliphatic imine (C=N–C) groups is 1. The zero-order chi connectivity index (χ0) is 17.8. The molecule has 0 aliphatic carbocycles. The van der Waals surface area contributed by atoms with Crippen molar-refractivity contribution in [1.29, 1.82) is 0 Å². The number of hydrogen-bond acceptors (Lipinski definition) is 3. The van der Waals surface area contributed by atoms with Crippen molar-refractivity contribution in [3.63, 3.8) is 0 Å². The summed E-state index contributed by atoms with van der Waals surface area (Å²) in [6.45, 7) is 3.46. The van der Waals surface area contributed by atoms with Crippen molar-refractivity contribution in [1.82, 2.24) is 20.4 Å². The molecule has 0 radical (unpaired) electrons. The van der Waals surface area contributed by atoms with Crippen LogP contribution in [0.5, 0.6) is 0 Å². The highest BCUT2D eigenvalue weighted by Gasteiger charge is 2.49. The molecule has 2 fully saturated rings. The first-order chi connectivity index (χ1) is 12.1. The maximum absolute atomic E-state index is 12.4. The molecule has 2 atom stereocenters. The predicted molar refractivity (Wildman–Crippen MR) is 96.1 cm³/mol. The summed E-state index contributed by atoms with van der Waals surface area (Å²) in [5.74, 6) is 0.448. The number of likely N-dealkylation sites (N-methyl/N-ethyl adjacent to an activating group) is 1. The molecule has 7 heteroatoms. The third-order valence-corrected chi connectivity index (χ3v) is 4.61. The highest BCUT2D eigenvalue weighted by Crippen LogP contribution is 2.21. The fourth-order valence-electron chi connectivity index (χ4n) is 3.28. The van der Waals surface area contributed by atoms with E-state index in [4.69, 9.17) is 0 Å². The van der Waals surface area contributed by atoms with Crippen LogP contribution >= 0.6 is 0 Å². The van der Waals surface area contributed by atoms with Gasteiger partial charge in [-0.15, -0.1) is 0 Å². The van der Waals surface area contributed by atoms with E-state index in [-0.39, 0.29) is 18.1 Å². The average molecular weight is 343 g/mol. The number of hydrogen-bond donors (Lipinski definition) is 2. The van der Waals surface area contributed by atoms with E-state index in [1.54, 1.807) is 7.05 Å². The van der Waals surface area contributed by atoms with E-state index in [9.17, 15) is 9.59 Å². The van der Waals surface area contributed by atoms with Crippen LogP contribution in [0.1, 0.15) is 25.3 Å². The summed E-state index contributed by atoms with van der Waals surface area (Å²) in [4.78, 5) is 32.4. The fourth-order valence-corrected chi connectivity index (χ4v) is 3.28. The van der Waals surface area contributed by atoms with Gasteiger partial charge in [0.05, 0.1) is 0 Å². The number of nitrogens with zero attached hydrogens (tertiary/aromatic N) is 3. The van der Waals surface area contributed by atoms with Gasteiger partial charge in [-0.1, -0.05) is 37.3 Å². The number of fused-ring (bicyclic) bond motifs is 1. The molecule has 2 N–H and O–H groups in total. The predicted octanol–water partition coefficient (Wildman–Crippen LogP) is 1.17. The smallest absolute Gasteiger partial charge is 0.325 e. The number of amides is 3. The van der Waals surface area contributed by atoms with Gasteiger partial charge < -0.3 is 15.1 Å². The Bertz CT molecular complexity index is 661. The Labute approximate surface area is 148 Å². The number of imide groups is 1. The number of rotatable bonds is 6. The highest BCUT2D eigenvalue weighted by molar-refractivity contribution is 6.04. The molecule has 3 rings (SSSR count). The Morgan fingerprint density at radius 3 is 2.68 bits per heavy atom. The number of aryl methyl sites for hydroxylation is 1. The molecule has 2 unspecified atom stereocenters. The lowest BCUT2D eigenvalue weighted by atomic mass is 10.1. The van der Waals surface area contributed by atoms with Gasteiger partial charge in [-0.25, -0.2) is 4.79 Å². The van der Waals surface area contributed by atoms with Crippen LogP contribution in [-0.2, 0) is 11.2 Å². The molecule has 2 saturated heterocycles. The molecular formula is C18H25N5O2. The molecule has 25 heavy (non-hydrogen) atoms. The molecule has 1 aromatic carbocycles. The second-order valence-corrected chi connectivity index (χ2v) is 6.43. The summed E-state index contributed by atoms with van der Waals surface area (Å²) in [5, 5.41) is 5.68. The van der Waals surface area contributed by atoms with Crippen LogP contribution in [0.4, 0.5) is 4.79 Å². The van der Waals surface area contributed by atoms with E-state index >= 15 is 0 Å². The van der Waals surface area contributed by atoms with Gasteiger partial charge in [-0.2, -0.15) is 0 Å². The maximum Gasteiger partial charge on any atom is 0.325 e. The Hall–Kier alpha value is -2.57. The highest BCUT2D eigenvalue weighted by atomic mass is 16.2. The zero-order valence-electron chi connectivity index (χ0n) is 14.7. The van der Waals surface area contributed by atoms with Gasteiger partial charge in [0.2, 0.25) is 0 Å². The summed E-state index contributed by atoms with van der Waals surface area (Å²) in [6.07, 6.45) is 2.41. The number of benzene rings is 1. The molecule has 2 aliphatic rings. The lowest BCUT2D eigenvalue weighted by Crippen LogP contribution is -2.64. The van der Waals surface area contributed by atoms with E-state index in [0.29, 0.717) is 19.0 Å². The topological polar surface area (TPSA) is 77.0 Å². The van der Waals surface area contributed by atoms with Crippen LogP contribution in [-0.4, -0.2) is 60.0 Å². The normalized spacial score (nSPS) is 24.3. The standard InChI is InChI=1S/C18H25N5O2/c1-3-11-19-17-20-15-14(16(24)21-18(25)22(15)2)23(17)12-7-10-13-8-5-4-6-9-13/h4-6,8-9,14-15H,3,7,10-12H2,1-2H3,(H,19,20)(H,21,24,25).